The van der Waals surface area contributed by atoms with Gasteiger partial charge in [-0.2, -0.15) is 0 Å². The molecule has 1 aromatic heterocycles. The molecule has 1 N–H and O–H groups in total. The molecule has 0 bridgehead atoms. The molecule has 1 heterocycles. The van der Waals surface area contributed by atoms with Crippen molar-refractivity contribution in [1.29, 1.82) is 0 Å². The van der Waals surface area contributed by atoms with Crippen LogP contribution in [0.2, 0.25) is 0 Å². The molecule has 0 atom stereocenters. The van der Waals surface area contributed by atoms with E-state index >= 15 is 0 Å². The number of ether oxygens (including phenoxy) is 1. The highest BCUT2D eigenvalue weighted by atomic mass is 16.5. The van der Waals surface area contributed by atoms with Gasteiger partial charge in [0.2, 0.25) is 6.33 Å². The Morgan fingerprint density at radius 1 is 1.11 bits per heavy atom. The van der Waals surface area contributed by atoms with Crippen molar-refractivity contribution in [3.63, 3.8) is 0 Å². The summed E-state index contributed by atoms with van der Waals surface area (Å²) in [5.74, 6) is -0.0762. The highest BCUT2D eigenvalue weighted by molar-refractivity contribution is 5.94. The molecule has 0 radical (unpaired) electrons. The number of aryl methyl sites for hydroxylation is 3. The van der Waals surface area contributed by atoms with Crippen molar-refractivity contribution in [2.24, 2.45) is 0 Å². The maximum Gasteiger partial charge on any atom is 0.251 e. The molecule has 0 unspecified atom stereocenters. The Morgan fingerprint density at radius 2 is 1.79 bits per heavy atom. The van der Waals surface area contributed by atoms with Gasteiger partial charge in [-0.05, 0) is 49.6 Å². The van der Waals surface area contributed by atoms with Gasteiger partial charge >= 0.3 is 0 Å². The monoisotopic (exact) mass is 378 g/mol. The zero-order valence-corrected chi connectivity index (χ0v) is 17.0. The van der Waals surface area contributed by atoms with Crippen molar-refractivity contribution in [2.45, 2.75) is 27.3 Å². The lowest BCUT2D eigenvalue weighted by Crippen LogP contribution is -2.31. The van der Waals surface area contributed by atoms with E-state index in [2.05, 4.69) is 66.1 Å². The number of rotatable bonds is 7. The number of carbonyl (C=O) groups is 1. The molecule has 5 nitrogen and oxygen atoms in total. The Bertz CT molecular complexity index is 935. The summed E-state index contributed by atoms with van der Waals surface area (Å²) in [4.78, 5) is 12.1. The molecule has 1 amide bonds. The standard InChI is InChI=1S/C23H27N3O2/c1-17-13-18(2)22(19(3)14-17)26-11-10-25(16-26)15-20-5-7-21(8-6-20)23(27)24-9-12-28-4/h5-8,10-11,13-14,16H,9,12,15H2,1-4H3/p+1. The van der Waals surface area contributed by atoms with Gasteiger partial charge in [0, 0.05) is 19.2 Å². The van der Waals surface area contributed by atoms with Crippen LogP contribution in [0.5, 0.6) is 0 Å². The van der Waals surface area contributed by atoms with E-state index in [0.29, 0.717) is 18.7 Å². The Balaban J connectivity index is 1.70. The molecule has 0 aliphatic heterocycles. The fourth-order valence-electron chi connectivity index (χ4n) is 3.54. The lowest BCUT2D eigenvalue weighted by molar-refractivity contribution is -0.687. The van der Waals surface area contributed by atoms with Gasteiger partial charge in [-0.15, -0.1) is 0 Å². The second-order valence-corrected chi connectivity index (χ2v) is 7.19. The second kappa shape index (κ2) is 8.85. The maximum atomic E-state index is 12.1. The molecule has 3 rings (SSSR count). The van der Waals surface area contributed by atoms with Gasteiger partial charge in [-0.3, -0.25) is 4.79 Å². The van der Waals surface area contributed by atoms with E-state index < -0.39 is 0 Å². The van der Waals surface area contributed by atoms with Crippen LogP contribution in [0.3, 0.4) is 0 Å². The Hall–Kier alpha value is -2.92. The first-order chi connectivity index (χ1) is 13.5. The largest absolute Gasteiger partial charge is 0.383 e. The van der Waals surface area contributed by atoms with Crippen molar-refractivity contribution in [3.05, 3.63) is 82.9 Å². The molecule has 2 aromatic carbocycles. The molecule has 0 fully saturated rings. The predicted molar refractivity (Wildman–Crippen MR) is 110 cm³/mol. The van der Waals surface area contributed by atoms with Crippen LogP contribution in [0, 0.1) is 20.8 Å². The van der Waals surface area contributed by atoms with E-state index in [1.54, 1.807) is 7.11 Å². The summed E-state index contributed by atoms with van der Waals surface area (Å²) >= 11 is 0. The third-order valence-electron chi connectivity index (χ3n) is 4.76. The van der Waals surface area contributed by atoms with Crippen LogP contribution in [0.15, 0.2) is 55.1 Å². The number of amides is 1. The SMILES string of the molecule is COCCNC(=O)c1ccc(C[n+]2ccn(-c3c(C)cc(C)cc3C)c2)cc1. The molecular weight excluding hydrogens is 350 g/mol. The third-order valence-corrected chi connectivity index (χ3v) is 4.76. The summed E-state index contributed by atoms with van der Waals surface area (Å²) in [6, 6.07) is 12.1. The van der Waals surface area contributed by atoms with Gasteiger partial charge in [0.1, 0.15) is 24.6 Å². The Morgan fingerprint density at radius 3 is 2.43 bits per heavy atom. The van der Waals surface area contributed by atoms with E-state index in [1.807, 2.05) is 24.3 Å². The number of carbonyl (C=O) groups excluding carboxylic acids is 1. The summed E-state index contributed by atoms with van der Waals surface area (Å²) < 4.78 is 9.26. The number of hydrogen-bond acceptors (Lipinski definition) is 2. The first-order valence-electron chi connectivity index (χ1n) is 9.49. The Labute approximate surface area is 166 Å². The summed E-state index contributed by atoms with van der Waals surface area (Å²) in [6.45, 7) is 8.20. The molecule has 5 heteroatoms. The first-order valence-corrected chi connectivity index (χ1v) is 9.49. The summed E-state index contributed by atoms with van der Waals surface area (Å²) in [5, 5.41) is 2.83. The minimum Gasteiger partial charge on any atom is -0.383 e. The van der Waals surface area contributed by atoms with E-state index in [9.17, 15) is 4.79 Å². The molecule has 0 spiro atoms. The van der Waals surface area contributed by atoms with E-state index in [0.717, 1.165) is 12.1 Å². The zero-order valence-electron chi connectivity index (χ0n) is 17.0. The number of hydrogen-bond donors (Lipinski definition) is 1. The predicted octanol–water partition coefficient (Wildman–Crippen LogP) is 3.11. The minimum atomic E-state index is -0.0762. The topological polar surface area (TPSA) is 47.1 Å². The fourth-order valence-corrected chi connectivity index (χ4v) is 3.54. The van der Waals surface area contributed by atoms with Crippen LogP contribution in [-0.2, 0) is 11.3 Å². The van der Waals surface area contributed by atoms with E-state index in [4.69, 9.17) is 4.74 Å². The molecular formula is C23H28N3O2+. The summed E-state index contributed by atoms with van der Waals surface area (Å²) in [6.07, 6.45) is 6.27. The average molecular weight is 378 g/mol. The van der Waals surface area contributed by atoms with Crippen molar-refractivity contribution in [1.82, 2.24) is 9.88 Å². The smallest absolute Gasteiger partial charge is 0.251 e. The number of methoxy groups -OCH3 is 1. The van der Waals surface area contributed by atoms with Crippen molar-refractivity contribution in [3.8, 4) is 5.69 Å². The van der Waals surface area contributed by atoms with Crippen molar-refractivity contribution >= 4 is 5.91 Å². The highest BCUT2D eigenvalue weighted by Gasteiger charge is 2.13. The molecule has 3 aromatic rings. The van der Waals surface area contributed by atoms with Crippen LogP contribution in [0.25, 0.3) is 5.69 Å². The summed E-state index contributed by atoms with van der Waals surface area (Å²) in [5.41, 5.74) is 6.85. The molecule has 146 valence electrons. The lowest BCUT2D eigenvalue weighted by Gasteiger charge is -2.07. The molecule has 0 saturated carbocycles. The van der Waals surface area contributed by atoms with Crippen LogP contribution in [0.1, 0.15) is 32.6 Å². The number of benzene rings is 2. The van der Waals surface area contributed by atoms with Gasteiger partial charge < -0.3 is 10.1 Å². The van der Waals surface area contributed by atoms with Crippen molar-refractivity contribution in [2.75, 3.05) is 20.3 Å². The van der Waals surface area contributed by atoms with Crippen LogP contribution >= 0.6 is 0 Å². The maximum absolute atomic E-state index is 12.1. The Kier molecular flexibility index (Phi) is 6.26. The third kappa shape index (κ3) is 4.67. The van der Waals surface area contributed by atoms with Crippen LogP contribution < -0.4 is 9.88 Å². The van der Waals surface area contributed by atoms with Crippen molar-refractivity contribution < 1.29 is 14.1 Å². The van der Waals surface area contributed by atoms with Crippen LogP contribution in [-0.4, -0.2) is 30.7 Å². The highest BCUT2D eigenvalue weighted by Crippen LogP contribution is 2.20. The zero-order chi connectivity index (χ0) is 20.1. The molecule has 0 saturated heterocycles. The molecule has 0 aliphatic carbocycles. The summed E-state index contributed by atoms with van der Waals surface area (Å²) in [7, 11) is 1.62. The normalized spacial score (nSPS) is 10.9. The average Bonchev–Trinajstić information content (AvgIpc) is 3.09. The van der Waals surface area contributed by atoms with Gasteiger partial charge in [0.25, 0.3) is 5.91 Å². The fraction of sp³-hybridized carbons (Fsp3) is 0.304. The molecule has 28 heavy (non-hydrogen) atoms. The second-order valence-electron chi connectivity index (χ2n) is 7.19. The van der Waals surface area contributed by atoms with Gasteiger partial charge in [-0.1, -0.05) is 29.8 Å². The van der Waals surface area contributed by atoms with E-state index in [-0.39, 0.29) is 5.91 Å². The van der Waals surface area contributed by atoms with Gasteiger partial charge in [0.15, 0.2) is 0 Å². The van der Waals surface area contributed by atoms with E-state index in [1.165, 1.54) is 22.4 Å². The number of aromatic nitrogens is 2. The number of nitrogens with one attached hydrogen (secondary N) is 1. The number of nitrogens with zero attached hydrogens (tertiary/aromatic N) is 2. The quantitative estimate of drug-likeness (QED) is 0.507. The molecule has 0 aliphatic rings. The minimum absolute atomic E-state index is 0.0762. The first kappa shape index (κ1) is 19.8. The van der Waals surface area contributed by atoms with Gasteiger partial charge in [0.05, 0.1) is 6.61 Å². The number of imidazole rings is 1. The van der Waals surface area contributed by atoms with Gasteiger partial charge in [-0.25, -0.2) is 9.13 Å². The van der Waals surface area contributed by atoms with Crippen LogP contribution in [0.4, 0.5) is 0 Å². The lowest BCUT2D eigenvalue weighted by atomic mass is 10.1.